The van der Waals surface area contributed by atoms with Crippen LogP contribution in [-0.4, -0.2) is 28.4 Å². The van der Waals surface area contributed by atoms with Gasteiger partial charge in [0, 0.05) is 23.4 Å². The molecule has 2 heterocycles. The summed E-state index contributed by atoms with van der Waals surface area (Å²) in [5.74, 6) is 0. The topological polar surface area (TPSA) is 71.6 Å². The average Bonchev–Trinajstić information content (AvgIpc) is 2.47. The number of aliphatic hydroxyl groups excluding tert-OH is 1. The molecule has 0 aliphatic carbocycles. The second kappa shape index (κ2) is 4.47. The number of aliphatic hydroxyl groups is 1. The van der Waals surface area contributed by atoms with Gasteiger partial charge in [-0.15, -0.1) is 0 Å². The molecule has 1 aliphatic rings. The van der Waals surface area contributed by atoms with Crippen molar-refractivity contribution in [1.82, 2.24) is 4.98 Å². The Labute approximate surface area is 113 Å². The van der Waals surface area contributed by atoms with Gasteiger partial charge in [-0.2, -0.15) is 0 Å². The van der Waals surface area contributed by atoms with Gasteiger partial charge in [0.05, 0.1) is 17.3 Å². The molecule has 5 nitrogen and oxygen atoms in total. The van der Waals surface area contributed by atoms with Crippen LogP contribution < -0.4 is 11.0 Å². The molecule has 0 amide bonds. The molecule has 1 fully saturated rings. The first-order chi connectivity index (χ1) is 8.62. The van der Waals surface area contributed by atoms with E-state index in [-0.39, 0.29) is 5.43 Å². The van der Waals surface area contributed by atoms with Gasteiger partial charge in [0.1, 0.15) is 0 Å². The minimum absolute atomic E-state index is 0.181. The lowest BCUT2D eigenvalue weighted by molar-refractivity contribution is 0.00578. The molecule has 19 heavy (non-hydrogen) atoms. The van der Waals surface area contributed by atoms with Crippen molar-refractivity contribution >= 4 is 12.7 Å². The molecule has 0 bridgehead atoms. The molecule has 104 valence electrons. The van der Waals surface area contributed by atoms with E-state index in [4.69, 9.17) is 9.31 Å². The van der Waals surface area contributed by atoms with E-state index in [1.165, 1.54) is 12.1 Å². The van der Waals surface area contributed by atoms with Gasteiger partial charge in [-0.3, -0.25) is 4.79 Å². The molecule has 1 saturated heterocycles. The summed E-state index contributed by atoms with van der Waals surface area (Å²) < 4.78 is 11.7. The van der Waals surface area contributed by atoms with Crippen molar-refractivity contribution in [3.05, 3.63) is 28.0 Å². The molecule has 2 N–H and O–H groups in total. The first kappa shape index (κ1) is 14.3. The minimum atomic E-state index is -0.741. The number of rotatable bonds is 2. The predicted molar refractivity (Wildman–Crippen MR) is 73.4 cm³/mol. The molecule has 0 saturated carbocycles. The number of H-pyrrole nitrogens is 1. The third kappa shape index (κ3) is 2.61. The van der Waals surface area contributed by atoms with E-state index in [2.05, 4.69) is 4.98 Å². The normalized spacial score (nSPS) is 22.5. The molecule has 2 rings (SSSR count). The van der Waals surface area contributed by atoms with Crippen molar-refractivity contribution in [2.24, 2.45) is 0 Å². The largest absolute Gasteiger partial charge is 0.512 e. The van der Waals surface area contributed by atoms with Crippen molar-refractivity contribution in [3.8, 4) is 0 Å². The first-order valence-corrected chi connectivity index (χ1v) is 6.40. The van der Waals surface area contributed by atoms with Crippen molar-refractivity contribution in [1.29, 1.82) is 0 Å². The monoisotopic (exact) mass is 265 g/mol. The van der Waals surface area contributed by atoms with Crippen LogP contribution in [0.5, 0.6) is 0 Å². The predicted octanol–water partition coefficient (Wildman–Crippen LogP) is 0.727. The summed E-state index contributed by atoms with van der Waals surface area (Å²) in [4.78, 5) is 14.7. The van der Waals surface area contributed by atoms with Crippen LogP contribution in [0.25, 0.3) is 0 Å². The maximum Gasteiger partial charge on any atom is 0.512 e. The third-order valence-electron chi connectivity index (χ3n) is 3.84. The Bertz CT molecular complexity index is 520. The second-order valence-corrected chi connectivity index (χ2v) is 5.99. The Morgan fingerprint density at radius 1 is 1.21 bits per heavy atom. The summed E-state index contributed by atoms with van der Waals surface area (Å²) in [7, 11) is -0.628. The number of aromatic amines is 1. The zero-order valence-corrected chi connectivity index (χ0v) is 12.0. The van der Waals surface area contributed by atoms with Crippen LogP contribution in [0, 0.1) is 0 Å². The fourth-order valence-corrected chi connectivity index (χ4v) is 1.91. The quantitative estimate of drug-likeness (QED) is 0.773. The molecular formula is C13H20BNO4. The Morgan fingerprint density at radius 2 is 1.74 bits per heavy atom. The Morgan fingerprint density at radius 3 is 2.21 bits per heavy atom. The molecule has 6 heteroatoms. The smallest absolute Gasteiger partial charge is 0.398 e. The molecule has 1 aromatic rings. The lowest BCUT2D eigenvalue weighted by Crippen LogP contribution is -2.41. The third-order valence-corrected chi connectivity index (χ3v) is 3.84. The fourth-order valence-electron chi connectivity index (χ4n) is 1.91. The maximum atomic E-state index is 11.7. The van der Waals surface area contributed by atoms with Crippen LogP contribution in [-0.2, 0) is 9.31 Å². The number of hydrogen-bond acceptors (Lipinski definition) is 4. The second-order valence-electron chi connectivity index (χ2n) is 5.99. The van der Waals surface area contributed by atoms with Crippen LogP contribution in [0.3, 0.4) is 0 Å². The highest BCUT2D eigenvalue weighted by molar-refractivity contribution is 6.61. The van der Waals surface area contributed by atoms with E-state index < -0.39 is 24.4 Å². The summed E-state index contributed by atoms with van der Waals surface area (Å²) in [5.41, 5.74) is -0.122. The van der Waals surface area contributed by atoms with Crippen LogP contribution in [0.2, 0.25) is 0 Å². The number of aromatic nitrogens is 1. The highest BCUT2D eigenvalue weighted by atomic mass is 16.7. The van der Waals surface area contributed by atoms with Gasteiger partial charge >= 0.3 is 7.12 Å². The molecule has 0 aromatic carbocycles. The molecule has 1 aromatic heterocycles. The van der Waals surface area contributed by atoms with Crippen molar-refractivity contribution < 1.29 is 14.4 Å². The summed E-state index contributed by atoms with van der Waals surface area (Å²) >= 11 is 0. The minimum Gasteiger partial charge on any atom is -0.398 e. The summed E-state index contributed by atoms with van der Waals surface area (Å²) in [6.45, 7) is 9.39. The highest BCUT2D eigenvalue weighted by Crippen LogP contribution is 2.36. The van der Waals surface area contributed by atoms with Crippen LogP contribution in [0.1, 0.15) is 46.4 Å². The van der Waals surface area contributed by atoms with Gasteiger partial charge in [0.2, 0.25) is 0 Å². The highest BCUT2D eigenvalue weighted by Gasteiger charge is 2.52. The fraction of sp³-hybridized carbons (Fsp3) is 0.615. The Kier molecular flexibility index (Phi) is 3.37. The molecule has 1 aliphatic heterocycles. The molecule has 1 atom stereocenters. The van der Waals surface area contributed by atoms with E-state index >= 15 is 0 Å². The SMILES string of the molecule is CC(O)c1cc(=O)cc(B2OC(C)(C)C(C)(C)O2)[nH]1. The van der Waals surface area contributed by atoms with Gasteiger partial charge < -0.3 is 19.4 Å². The lowest BCUT2D eigenvalue weighted by atomic mass is 9.84. The van der Waals surface area contributed by atoms with Crippen LogP contribution in [0.15, 0.2) is 16.9 Å². The average molecular weight is 265 g/mol. The van der Waals surface area contributed by atoms with Gasteiger partial charge in [0.15, 0.2) is 5.43 Å². The van der Waals surface area contributed by atoms with E-state index in [1.807, 2.05) is 27.7 Å². The summed E-state index contributed by atoms with van der Waals surface area (Å²) in [5, 5.41) is 9.57. The van der Waals surface area contributed by atoms with E-state index in [9.17, 15) is 9.90 Å². The van der Waals surface area contributed by atoms with E-state index in [1.54, 1.807) is 6.92 Å². The maximum absolute atomic E-state index is 11.7. The molecule has 1 unspecified atom stereocenters. The zero-order chi connectivity index (χ0) is 14.4. The molecule has 0 radical (unpaired) electrons. The zero-order valence-electron chi connectivity index (χ0n) is 12.0. The Hall–Kier alpha value is -1.11. The summed E-state index contributed by atoms with van der Waals surface area (Å²) in [6, 6.07) is 2.81. The lowest BCUT2D eigenvalue weighted by Gasteiger charge is -2.32. The number of hydrogen-bond donors (Lipinski definition) is 2. The van der Waals surface area contributed by atoms with Gasteiger partial charge in [-0.05, 0) is 34.6 Å². The molecular weight excluding hydrogens is 245 g/mol. The number of nitrogens with one attached hydrogen (secondary N) is 1. The first-order valence-electron chi connectivity index (χ1n) is 6.40. The molecule has 0 spiro atoms. The van der Waals surface area contributed by atoms with Gasteiger partial charge in [-0.1, -0.05) is 0 Å². The number of pyridine rings is 1. The Balaban J connectivity index is 2.37. The standard InChI is InChI=1S/C13H20BNO4/c1-8(16)10-6-9(17)7-11(15-10)14-18-12(2,3)13(4,5)19-14/h6-8,16H,1-5H3,(H,15,17). The van der Waals surface area contributed by atoms with Crippen molar-refractivity contribution in [3.63, 3.8) is 0 Å². The van der Waals surface area contributed by atoms with Crippen LogP contribution >= 0.6 is 0 Å². The van der Waals surface area contributed by atoms with Crippen molar-refractivity contribution in [2.45, 2.75) is 51.9 Å². The van der Waals surface area contributed by atoms with Crippen molar-refractivity contribution in [2.75, 3.05) is 0 Å². The van der Waals surface area contributed by atoms with Crippen LogP contribution in [0.4, 0.5) is 0 Å². The summed E-state index contributed by atoms with van der Waals surface area (Å²) in [6.07, 6.45) is -0.741. The van der Waals surface area contributed by atoms with Gasteiger partial charge in [-0.25, -0.2) is 0 Å². The van der Waals surface area contributed by atoms with E-state index in [0.717, 1.165) is 0 Å². The van der Waals surface area contributed by atoms with Gasteiger partial charge in [0.25, 0.3) is 0 Å². The van der Waals surface area contributed by atoms with E-state index in [0.29, 0.717) is 11.3 Å².